The first-order valence-electron chi connectivity index (χ1n) is 11.9. The molecule has 0 saturated carbocycles. The average molecular weight is 909 g/mol. The first kappa shape index (κ1) is 91.9. The summed E-state index contributed by atoms with van der Waals surface area (Å²) >= 11 is 18.5. The summed E-state index contributed by atoms with van der Waals surface area (Å²) < 4.78 is 0. The van der Waals surface area contributed by atoms with Crippen LogP contribution in [0.15, 0.2) is 0 Å². The second-order valence-corrected chi connectivity index (χ2v) is 8.85. The van der Waals surface area contributed by atoms with E-state index in [2.05, 4.69) is 61.1 Å². The maximum Gasteiger partial charge on any atom is 3.00 e. The molecule has 52 heavy (non-hydrogen) atoms. The predicted octanol–water partition coefficient (Wildman–Crippen LogP) is 1.22. The van der Waals surface area contributed by atoms with Gasteiger partial charge in [0.1, 0.15) is 0 Å². The molecule has 7 amide bonds. The van der Waals surface area contributed by atoms with Gasteiger partial charge in [0.2, 0.25) is 44.9 Å². The molecule has 0 fully saturated rings. The summed E-state index contributed by atoms with van der Waals surface area (Å²) in [5.41, 5.74) is 0. The molecular weight excluding hydrogens is 860 g/mol. The number of carbonyl (C=O) groups is 7. The third-order valence-electron chi connectivity index (χ3n) is 1.48. The van der Waals surface area contributed by atoms with Gasteiger partial charge in [0.15, 0.2) is 0 Å². The molecule has 0 aliphatic rings. The van der Waals surface area contributed by atoms with Gasteiger partial charge in [0.25, 0.3) is 0 Å². The third kappa shape index (κ3) is 891. The Kier molecular flexibility index (Phi) is 209. The number of hydrogen-bond acceptors (Lipinski definition) is 12. The maximum absolute atomic E-state index is 9.43. The predicted molar refractivity (Wildman–Crippen MR) is 218 cm³/mol. The van der Waals surface area contributed by atoms with Crippen LogP contribution in [0.3, 0.4) is 0 Å². The van der Waals surface area contributed by atoms with Crippen molar-refractivity contribution >= 4 is 132 Å². The fraction of sp³-hybridized carbons (Fsp3) is 0.538. The van der Waals surface area contributed by atoms with E-state index in [4.69, 9.17) is 27.0 Å². The van der Waals surface area contributed by atoms with Gasteiger partial charge in [0, 0.05) is 98.7 Å². The minimum atomic E-state index is 0. The van der Waals surface area contributed by atoms with Crippen LogP contribution in [0.4, 0.5) is 0 Å². The van der Waals surface area contributed by atoms with Gasteiger partial charge in [0.05, 0.1) is 0 Å². The first-order valence-corrected chi connectivity index (χ1v) is 13.9. The molecule has 0 atom stereocenters. The molecule has 0 rings (SSSR count). The van der Waals surface area contributed by atoms with E-state index in [1.165, 1.54) is 60.1 Å². The zero-order valence-corrected chi connectivity index (χ0v) is 38.1. The molecule has 2 radical (unpaired) electrons. The summed E-state index contributed by atoms with van der Waals surface area (Å²) in [5, 5.41) is 42.3. The van der Waals surface area contributed by atoms with Crippen molar-refractivity contribution < 1.29 is 68.0 Å². The molecule has 19 nitrogen and oxygen atoms in total. The fourth-order valence-corrected chi connectivity index (χ4v) is 0. The summed E-state index contributed by atoms with van der Waals surface area (Å²) in [6.45, 7) is 0. The molecule has 0 aliphatic heterocycles. The second kappa shape index (κ2) is 118. The fourth-order valence-electron chi connectivity index (χ4n) is 0. The molecule has 0 aliphatic carbocycles. The summed E-state index contributed by atoms with van der Waals surface area (Å²) in [5.74, 6) is 0. The largest absolute Gasteiger partial charge is 3.00 e. The molecule has 0 unspecified atom stereocenters. The zero-order chi connectivity index (χ0) is 43.5. The van der Waals surface area contributed by atoms with Crippen LogP contribution in [0, 0.1) is 0 Å². The molecule has 298 valence electrons. The van der Waals surface area contributed by atoms with E-state index in [9.17, 15) is 33.6 Å². The Labute approximate surface area is 357 Å². The normalized spacial score (nSPS) is 5.35. The first-order chi connectivity index (χ1) is 23.0. The molecule has 0 bridgehead atoms. The van der Waals surface area contributed by atoms with Crippen molar-refractivity contribution in [3.05, 3.63) is 27.0 Å². The Bertz CT molecular complexity index is 723. The molecule has 0 aromatic carbocycles. The number of thiocarbonyl (C=S) groups is 5. The summed E-state index contributed by atoms with van der Waals surface area (Å²) in [6.07, 6.45) is 5.25. The number of amides is 7. The average Bonchev–Trinajstić information content (AvgIpc) is 3.04. The number of isothiocyanates is 5. The van der Waals surface area contributed by atoms with Crippen LogP contribution in [0.2, 0.25) is 0 Å². The van der Waals surface area contributed by atoms with E-state index in [1.807, 2.05) is 0 Å². The quantitative estimate of drug-likeness (QED) is 0.151. The summed E-state index contributed by atoms with van der Waals surface area (Å²) in [6, 6.07) is 0. The van der Waals surface area contributed by atoms with Gasteiger partial charge >= 0.3 is 34.4 Å². The SMILES string of the molecule is CN(C)C=O.CN(C)C=O.CN(C)C=O.CN(C)C=O.CN(C)C=O.CN(C)C=O.CN(C)C=O.[Cr+3].[Mn+2].[N-]=C=S.[N-]=C=S.[N-]=C=S.[N-]=C=S.[N-]=C=S. The number of hydrogen-bond donors (Lipinski definition) is 0. The molecular formula is C26H49CrMnN12O7S5. The van der Waals surface area contributed by atoms with Crippen LogP contribution in [0.5, 0.6) is 0 Å². The third-order valence-corrected chi connectivity index (χ3v) is 1.48. The van der Waals surface area contributed by atoms with Crippen molar-refractivity contribution in [3.8, 4) is 0 Å². The van der Waals surface area contributed by atoms with Gasteiger partial charge in [-0.1, -0.05) is 61.1 Å². The van der Waals surface area contributed by atoms with Gasteiger partial charge in [-0.3, -0.25) is 33.6 Å². The minimum Gasteiger partial charge on any atom is -0.753 e. The topological polar surface area (TPSA) is 254 Å². The molecule has 0 heterocycles. The number of nitrogens with zero attached hydrogens (tertiary/aromatic N) is 12. The number of rotatable bonds is 7. The maximum atomic E-state index is 9.43. The number of carbonyl (C=O) groups excluding carboxylic acids is 7. The van der Waals surface area contributed by atoms with Gasteiger partial charge in [-0.2, -0.15) is 25.8 Å². The Morgan fingerprint density at radius 3 is 0.327 bits per heavy atom. The van der Waals surface area contributed by atoms with Crippen LogP contribution in [-0.2, 0) is 68.0 Å². The summed E-state index contributed by atoms with van der Waals surface area (Å²) in [4.78, 5) is 76.1. The van der Waals surface area contributed by atoms with E-state index in [0.717, 1.165) is 44.9 Å². The van der Waals surface area contributed by atoms with Crippen molar-refractivity contribution in [2.45, 2.75) is 0 Å². The van der Waals surface area contributed by atoms with Crippen LogP contribution in [-0.4, -0.2) is 204 Å². The van der Waals surface area contributed by atoms with Gasteiger partial charge in [-0.05, 0) is 0 Å². The van der Waals surface area contributed by atoms with E-state index < -0.39 is 0 Å². The van der Waals surface area contributed by atoms with Crippen molar-refractivity contribution in [2.24, 2.45) is 0 Å². The Balaban J connectivity index is -0.0000000253. The van der Waals surface area contributed by atoms with Crippen molar-refractivity contribution in [1.29, 1.82) is 0 Å². The van der Waals surface area contributed by atoms with Crippen LogP contribution in [0.1, 0.15) is 0 Å². The van der Waals surface area contributed by atoms with Gasteiger partial charge in [-0.15, -0.1) is 0 Å². The van der Waals surface area contributed by atoms with Crippen LogP contribution < -0.4 is 0 Å². The van der Waals surface area contributed by atoms with Crippen LogP contribution in [0.25, 0.3) is 27.0 Å². The van der Waals surface area contributed by atoms with E-state index >= 15 is 0 Å². The smallest absolute Gasteiger partial charge is 0.753 e. The standard InChI is InChI=1S/7C3H7NO.5CNS.Cr.Mn/c7*1-4(2)3-5;5*2-1-3;;/h7*3H,1-2H3;;;;;;;/q;;;;;;;5*-1;+3;+2. The minimum absolute atomic E-state index is 0. The Morgan fingerprint density at radius 2 is 0.327 bits per heavy atom. The van der Waals surface area contributed by atoms with Crippen molar-refractivity contribution in [3.63, 3.8) is 0 Å². The molecule has 0 N–H and O–H groups in total. The van der Waals surface area contributed by atoms with Crippen molar-refractivity contribution in [1.82, 2.24) is 34.3 Å². The molecule has 0 spiro atoms. The molecule has 0 saturated heterocycles. The van der Waals surface area contributed by atoms with Crippen molar-refractivity contribution in [2.75, 3.05) is 98.7 Å². The summed E-state index contributed by atoms with van der Waals surface area (Å²) in [7, 11) is 23.6. The van der Waals surface area contributed by atoms with E-state index in [-0.39, 0.29) is 34.4 Å². The Hall–Kier alpha value is -3.66. The monoisotopic (exact) mass is 908 g/mol. The Morgan fingerprint density at radius 1 is 0.308 bits per heavy atom. The van der Waals surface area contributed by atoms with Crippen LogP contribution >= 0.6 is 61.1 Å². The molecule has 26 heteroatoms. The van der Waals surface area contributed by atoms with Gasteiger partial charge in [-0.25, -0.2) is 0 Å². The second-order valence-electron chi connectivity index (χ2n) is 7.94. The van der Waals surface area contributed by atoms with Gasteiger partial charge < -0.3 is 61.3 Å². The van der Waals surface area contributed by atoms with E-state index in [0.29, 0.717) is 0 Å². The van der Waals surface area contributed by atoms with E-state index in [1.54, 1.807) is 98.7 Å². The molecule has 0 aromatic heterocycles. The zero-order valence-electron chi connectivity index (χ0n) is 31.6. The molecule has 0 aromatic rings.